The number of fused-ring (bicyclic) bond motifs is 1. The van der Waals surface area contributed by atoms with Crippen LogP contribution >= 0.6 is 0 Å². The molecule has 0 bridgehead atoms. The molecule has 0 atom stereocenters. The van der Waals surface area contributed by atoms with Crippen LogP contribution in [-0.4, -0.2) is 20.1 Å². The highest BCUT2D eigenvalue weighted by Gasteiger charge is 2.17. The molecule has 1 N–H and O–H groups in total. The van der Waals surface area contributed by atoms with Crippen LogP contribution in [0.3, 0.4) is 0 Å². The van der Waals surface area contributed by atoms with Crippen molar-refractivity contribution >= 4 is 11.0 Å². The molecule has 1 aromatic heterocycles. The SMILES string of the molecule is [2H]C([2H])([2H])C(O)(n1nc2ccccc2n1)C([2H])([2H])[2H]. The van der Waals surface area contributed by atoms with Crippen LogP contribution in [0.2, 0.25) is 0 Å². The van der Waals surface area contributed by atoms with E-state index in [1.165, 1.54) is 12.1 Å². The normalized spacial score (nSPS) is 21.0. The minimum atomic E-state index is -3.20. The molecule has 1 heterocycles. The van der Waals surface area contributed by atoms with Crippen molar-refractivity contribution in [2.75, 3.05) is 0 Å². The van der Waals surface area contributed by atoms with Gasteiger partial charge in [-0.25, -0.2) is 0 Å². The minimum absolute atomic E-state index is 0.300. The third-order valence-electron chi connectivity index (χ3n) is 1.58. The van der Waals surface area contributed by atoms with Gasteiger partial charge in [0.2, 0.25) is 0 Å². The smallest absolute Gasteiger partial charge is 0.171 e. The Hall–Kier alpha value is -1.42. The Morgan fingerprint density at radius 1 is 1.31 bits per heavy atom. The fourth-order valence-electron chi connectivity index (χ4n) is 1.00. The molecule has 2 aromatic rings. The van der Waals surface area contributed by atoms with Crippen molar-refractivity contribution in [3.63, 3.8) is 0 Å². The van der Waals surface area contributed by atoms with E-state index in [4.69, 9.17) is 8.22 Å². The van der Waals surface area contributed by atoms with E-state index >= 15 is 0 Å². The summed E-state index contributed by atoms with van der Waals surface area (Å²) in [7, 11) is 0. The highest BCUT2D eigenvalue weighted by molar-refractivity contribution is 5.72. The van der Waals surface area contributed by atoms with Crippen molar-refractivity contribution < 1.29 is 13.3 Å². The van der Waals surface area contributed by atoms with Crippen molar-refractivity contribution in [3.05, 3.63) is 24.3 Å². The molecule has 1 aromatic carbocycles. The summed E-state index contributed by atoms with van der Waals surface area (Å²) in [6.45, 7) is -6.40. The number of rotatable bonds is 1. The molecule has 0 saturated carbocycles. The molecule has 13 heavy (non-hydrogen) atoms. The summed E-state index contributed by atoms with van der Waals surface area (Å²) in [5.74, 6) is 0. The Balaban J connectivity index is 2.69. The highest BCUT2D eigenvalue weighted by atomic mass is 16.3. The Bertz CT molecular complexity index is 555. The van der Waals surface area contributed by atoms with Gasteiger partial charge in [-0.2, -0.15) is 15.0 Å². The third-order valence-corrected chi connectivity index (χ3v) is 1.58. The van der Waals surface area contributed by atoms with Gasteiger partial charge in [-0.15, -0.1) is 0 Å². The average molecular weight is 183 g/mol. The van der Waals surface area contributed by atoms with Gasteiger partial charge in [0.1, 0.15) is 11.0 Å². The topological polar surface area (TPSA) is 50.9 Å². The molecule has 4 nitrogen and oxygen atoms in total. The summed E-state index contributed by atoms with van der Waals surface area (Å²) < 4.78 is 43.6. The lowest BCUT2D eigenvalue weighted by atomic mass is 10.3. The van der Waals surface area contributed by atoms with Crippen molar-refractivity contribution in [2.24, 2.45) is 0 Å². The fraction of sp³-hybridized carbons (Fsp3) is 0.333. The third kappa shape index (κ3) is 1.40. The van der Waals surface area contributed by atoms with Gasteiger partial charge in [0.25, 0.3) is 0 Å². The zero-order valence-corrected chi connectivity index (χ0v) is 6.60. The summed E-state index contributed by atoms with van der Waals surface area (Å²) in [4.78, 5) is 0.359. The summed E-state index contributed by atoms with van der Waals surface area (Å²) in [6, 6.07) is 6.37. The van der Waals surface area contributed by atoms with Crippen LogP contribution in [0.15, 0.2) is 24.3 Å². The average Bonchev–Trinajstić information content (AvgIpc) is 2.68. The maximum atomic E-state index is 10.2. The van der Waals surface area contributed by atoms with Crippen LogP contribution < -0.4 is 0 Å². The van der Waals surface area contributed by atoms with Crippen LogP contribution in [0.5, 0.6) is 0 Å². The maximum Gasteiger partial charge on any atom is 0.171 e. The molecule has 0 radical (unpaired) electrons. The van der Waals surface area contributed by atoms with Gasteiger partial charge in [0.05, 0.1) is 0 Å². The van der Waals surface area contributed by atoms with Gasteiger partial charge >= 0.3 is 0 Å². The van der Waals surface area contributed by atoms with E-state index in [0.29, 0.717) is 15.8 Å². The van der Waals surface area contributed by atoms with E-state index in [1.807, 2.05) is 0 Å². The monoisotopic (exact) mass is 183 g/mol. The number of aromatic nitrogens is 3. The summed E-state index contributed by atoms with van der Waals surface area (Å²) in [6.07, 6.45) is 0. The van der Waals surface area contributed by atoms with Gasteiger partial charge in [-0.3, -0.25) is 0 Å². The predicted octanol–water partition coefficient (Wildman–Crippen LogP) is 1.12. The lowest BCUT2D eigenvalue weighted by molar-refractivity contribution is -0.0229. The van der Waals surface area contributed by atoms with Crippen LogP contribution in [0, 0.1) is 0 Å². The van der Waals surface area contributed by atoms with Crippen LogP contribution in [0.4, 0.5) is 0 Å². The molecular formula is C9H11N3O. The molecule has 0 aliphatic rings. The van der Waals surface area contributed by atoms with E-state index in [9.17, 15) is 5.11 Å². The van der Waals surface area contributed by atoms with Crippen molar-refractivity contribution in [1.29, 1.82) is 0 Å². The first-order chi connectivity index (χ1) is 8.57. The first kappa shape index (κ1) is 3.75. The summed E-state index contributed by atoms with van der Waals surface area (Å²) in [5.41, 5.74) is -2.57. The molecule has 0 fully saturated rings. The van der Waals surface area contributed by atoms with Crippen LogP contribution in [0.25, 0.3) is 11.0 Å². The lowest BCUT2D eigenvalue weighted by Gasteiger charge is -2.14. The number of aliphatic hydroxyl groups is 1. The van der Waals surface area contributed by atoms with Crippen LogP contribution in [0.1, 0.15) is 21.9 Å². The Morgan fingerprint density at radius 2 is 1.85 bits per heavy atom. The van der Waals surface area contributed by atoms with E-state index in [2.05, 4.69) is 10.2 Å². The van der Waals surface area contributed by atoms with Crippen molar-refractivity contribution in [1.82, 2.24) is 15.0 Å². The van der Waals surface area contributed by atoms with Crippen LogP contribution in [-0.2, 0) is 5.72 Å². The van der Waals surface area contributed by atoms with Gasteiger partial charge in [-0.1, -0.05) is 12.1 Å². The molecular weight excluding hydrogens is 166 g/mol. The molecule has 68 valence electrons. The molecule has 2 rings (SSSR count). The molecule has 0 aliphatic carbocycles. The van der Waals surface area contributed by atoms with E-state index in [0.717, 1.165) is 0 Å². The lowest BCUT2D eigenvalue weighted by Crippen LogP contribution is -2.27. The largest absolute Gasteiger partial charge is 0.368 e. The second-order valence-electron chi connectivity index (χ2n) is 2.65. The number of benzene rings is 1. The Morgan fingerprint density at radius 3 is 2.31 bits per heavy atom. The number of hydrogen-bond acceptors (Lipinski definition) is 3. The Labute approximate surface area is 84.2 Å². The highest BCUT2D eigenvalue weighted by Crippen LogP contribution is 2.12. The summed E-state index contributed by atoms with van der Waals surface area (Å²) in [5, 5.41) is 17.7. The molecule has 0 unspecified atom stereocenters. The van der Waals surface area contributed by atoms with Gasteiger partial charge in [-0.05, 0) is 25.8 Å². The quantitative estimate of drug-likeness (QED) is 0.720. The Kier molecular flexibility index (Phi) is 0.732. The predicted molar refractivity (Wildman–Crippen MR) is 49.1 cm³/mol. The van der Waals surface area contributed by atoms with E-state index < -0.39 is 19.4 Å². The second kappa shape index (κ2) is 2.53. The minimum Gasteiger partial charge on any atom is -0.368 e. The molecule has 4 heteroatoms. The first-order valence-corrected chi connectivity index (χ1v) is 3.62. The zero-order valence-electron chi connectivity index (χ0n) is 12.6. The maximum absolute atomic E-state index is 10.2. The number of nitrogens with zero attached hydrogens (tertiary/aromatic N) is 3. The standard InChI is InChI=1S/C9H11N3O/c1-9(2,13)12-10-7-5-3-4-6-8(7)11-12/h3-6,13H,1-2H3/i1D3,2D3. The van der Waals surface area contributed by atoms with Crippen molar-refractivity contribution in [3.8, 4) is 0 Å². The zero-order chi connectivity index (χ0) is 14.5. The van der Waals surface area contributed by atoms with Gasteiger partial charge in [0.15, 0.2) is 5.72 Å². The second-order valence-corrected chi connectivity index (χ2v) is 2.65. The molecule has 0 spiro atoms. The van der Waals surface area contributed by atoms with E-state index in [-0.39, 0.29) is 0 Å². The molecule has 0 amide bonds. The molecule has 0 saturated heterocycles. The first-order valence-electron chi connectivity index (χ1n) is 6.62. The van der Waals surface area contributed by atoms with Crippen molar-refractivity contribution in [2.45, 2.75) is 19.4 Å². The van der Waals surface area contributed by atoms with E-state index in [1.54, 1.807) is 12.1 Å². The molecule has 0 aliphatic heterocycles. The van der Waals surface area contributed by atoms with Gasteiger partial charge < -0.3 is 5.11 Å². The van der Waals surface area contributed by atoms with Gasteiger partial charge in [0, 0.05) is 8.22 Å². The summed E-state index contributed by atoms with van der Waals surface area (Å²) >= 11 is 0. The fourth-order valence-corrected chi connectivity index (χ4v) is 1.00. The number of hydrogen-bond donors (Lipinski definition) is 1.